The highest BCUT2D eigenvalue weighted by Gasteiger charge is 2.23. The first kappa shape index (κ1) is 17.1. The molecule has 0 saturated heterocycles. The quantitative estimate of drug-likeness (QED) is 0.883. The summed E-state index contributed by atoms with van der Waals surface area (Å²) in [5, 5.41) is 13.4. The number of rotatable bonds is 3. The van der Waals surface area contributed by atoms with E-state index < -0.39 is 0 Å². The van der Waals surface area contributed by atoms with Gasteiger partial charge >= 0.3 is 0 Å². The lowest BCUT2D eigenvalue weighted by atomic mass is 9.97. The molecule has 0 bridgehead atoms. The number of nitrogens with one attached hydrogen (secondary N) is 1. The number of hydrogen-bond acceptors (Lipinski definition) is 4. The van der Waals surface area contributed by atoms with Crippen LogP contribution in [-0.2, 0) is 24.1 Å². The van der Waals surface area contributed by atoms with Crippen molar-refractivity contribution in [3.8, 4) is 6.07 Å². The van der Waals surface area contributed by atoms with Crippen LogP contribution in [-0.4, -0.2) is 19.0 Å². The van der Waals surface area contributed by atoms with Gasteiger partial charge in [0.15, 0.2) is 0 Å². The summed E-state index contributed by atoms with van der Waals surface area (Å²) in [6.07, 6.45) is 7.78. The second kappa shape index (κ2) is 7.51. The SMILES string of the molecule is N#Cc1c(NC(=O)CN2CCc3ccccc32)sc2c1CCCCCC2. The molecular weight excluding hydrogens is 342 g/mol. The lowest BCUT2D eigenvalue weighted by Gasteiger charge is -2.18. The maximum Gasteiger partial charge on any atom is 0.244 e. The van der Waals surface area contributed by atoms with Crippen molar-refractivity contribution in [1.29, 1.82) is 5.26 Å². The van der Waals surface area contributed by atoms with Gasteiger partial charge in [-0.15, -0.1) is 11.3 Å². The van der Waals surface area contributed by atoms with E-state index in [9.17, 15) is 10.1 Å². The molecule has 1 N–H and O–H groups in total. The highest BCUT2D eigenvalue weighted by atomic mass is 32.1. The van der Waals surface area contributed by atoms with E-state index in [-0.39, 0.29) is 5.91 Å². The van der Waals surface area contributed by atoms with Crippen LogP contribution in [0.2, 0.25) is 0 Å². The van der Waals surface area contributed by atoms with E-state index in [0.29, 0.717) is 12.1 Å². The predicted octanol–water partition coefficient (Wildman–Crippen LogP) is 4.28. The van der Waals surface area contributed by atoms with Gasteiger partial charge in [0.25, 0.3) is 0 Å². The van der Waals surface area contributed by atoms with Gasteiger partial charge in [-0.2, -0.15) is 5.26 Å². The minimum absolute atomic E-state index is 0.0348. The van der Waals surface area contributed by atoms with Crippen molar-refractivity contribution in [2.24, 2.45) is 0 Å². The van der Waals surface area contributed by atoms with Gasteiger partial charge in [0.1, 0.15) is 11.1 Å². The highest BCUT2D eigenvalue weighted by molar-refractivity contribution is 7.16. The molecule has 26 heavy (non-hydrogen) atoms. The number of benzene rings is 1. The first-order valence-corrected chi connectivity index (χ1v) is 10.3. The van der Waals surface area contributed by atoms with Crippen molar-refractivity contribution in [1.82, 2.24) is 0 Å². The molecule has 4 rings (SSSR count). The van der Waals surface area contributed by atoms with Gasteiger partial charge in [0, 0.05) is 17.1 Å². The number of anilines is 2. The van der Waals surface area contributed by atoms with Crippen molar-refractivity contribution in [3.05, 3.63) is 45.8 Å². The Balaban J connectivity index is 1.50. The zero-order valence-corrected chi connectivity index (χ0v) is 15.7. The van der Waals surface area contributed by atoms with Crippen LogP contribution in [0.25, 0.3) is 0 Å². The summed E-state index contributed by atoms with van der Waals surface area (Å²) in [7, 11) is 0. The Bertz CT molecular complexity index is 865. The number of nitriles is 1. The Kier molecular flexibility index (Phi) is 4.94. The summed E-state index contributed by atoms with van der Waals surface area (Å²) in [6, 6.07) is 10.6. The fourth-order valence-corrected chi connectivity index (χ4v) is 5.29. The van der Waals surface area contributed by atoms with Crippen molar-refractivity contribution in [3.63, 3.8) is 0 Å². The van der Waals surface area contributed by atoms with Gasteiger partial charge in [0.2, 0.25) is 5.91 Å². The van der Waals surface area contributed by atoms with E-state index in [1.165, 1.54) is 35.3 Å². The summed E-state index contributed by atoms with van der Waals surface area (Å²) >= 11 is 1.61. The number of thiophene rings is 1. The third-order valence-electron chi connectivity index (χ3n) is 5.35. The molecule has 2 heterocycles. The number of amides is 1. The van der Waals surface area contributed by atoms with E-state index in [2.05, 4.69) is 28.4 Å². The van der Waals surface area contributed by atoms with Gasteiger partial charge < -0.3 is 10.2 Å². The van der Waals surface area contributed by atoms with Crippen molar-refractivity contribution in [2.75, 3.05) is 23.3 Å². The maximum atomic E-state index is 12.6. The molecule has 0 unspecified atom stereocenters. The normalized spacial score (nSPS) is 16.2. The molecule has 4 nitrogen and oxygen atoms in total. The zero-order valence-electron chi connectivity index (χ0n) is 14.9. The summed E-state index contributed by atoms with van der Waals surface area (Å²) in [6.45, 7) is 1.21. The minimum Gasteiger partial charge on any atom is -0.362 e. The van der Waals surface area contributed by atoms with Crippen molar-refractivity contribution < 1.29 is 4.79 Å². The standard InChI is InChI=1S/C21H23N3OS/c22-13-17-16-8-3-1-2-4-10-19(16)26-21(17)23-20(25)14-24-12-11-15-7-5-6-9-18(15)24/h5-7,9H,1-4,8,10-12,14H2,(H,23,25). The summed E-state index contributed by atoms with van der Waals surface area (Å²) < 4.78 is 0. The Hall–Kier alpha value is -2.32. The predicted molar refractivity (Wildman–Crippen MR) is 106 cm³/mol. The largest absolute Gasteiger partial charge is 0.362 e. The molecule has 1 aromatic carbocycles. The highest BCUT2D eigenvalue weighted by Crippen LogP contribution is 2.36. The molecule has 1 aliphatic carbocycles. The molecule has 5 heteroatoms. The number of nitrogens with zero attached hydrogens (tertiary/aromatic N) is 2. The van der Waals surface area contributed by atoms with E-state index >= 15 is 0 Å². The summed E-state index contributed by atoms with van der Waals surface area (Å²) in [5.41, 5.74) is 4.33. The third-order valence-corrected chi connectivity index (χ3v) is 6.56. The second-order valence-electron chi connectivity index (χ2n) is 7.08. The van der Waals surface area contributed by atoms with E-state index in [0.717, 1.165) is 42.9 Å². The van der Waals surface area contributed by atoms with Crippen LogP contribution in [0.15, 0.2) is 24.3 Å². The van der Waals surface area contributed by atoms with Crippen molar-refractivity contribution in [2.45, 2.75) is 44.9 Å². The molecule has 1 aliphatic heterocycles. The molecule has 0 fully saturated rings. The topological polar surface area (TPSA) is 56.1 Å². The third kappa shape index (κ3) is 3.34. The van der Waals surface area contributed by atoms with Gasteiger partial charge in [-0.25, -0.2) is 0 Å². The monoisotopic (exact) mass is 365 g/mol. The van der Waals surface area contributed by atoms with Crippen LogP contribution < -0.4 is 10.2 Å². The van der Waals surface area contributed by atoms with Gasteiger partial charge in [0.05, 0.1) is 12.1 Å². The molecule has 0 radical (unpaired) electrons. The van der Waals surface area contributed by atoms with E-state index in [1.54, 1.807) is 11.3 Å². The fourth-order valence-electron chi connectivity index (χ4n) is 4.04. The van der Waals surface area contributed by atoms with E-state index in [1.807, 2.05) is 12.1 Å². The molecule has 0 saturated carbocycles. The molecule has 134 valence electrons. The first-order chi connectivity index (χ1) is 12.8. The number of carbonyl (C=O) groups excluding carboxylic acids is 1. The summed E-state index contributed by atoms with van der Waals surface area (Å²) in [4.78, 5) is 16.1. The minimum atomic E-state index is -0.0348. The molecule has 1 amide bonds. The first-order valence-electron chi connectivity index (χ1n) is 9.43. The number of aryl methyl sites for hydroxylation is 1. The number of carbonyl (C=O) groups is 1. The number of fused-ring (bicyclic) bond motifs is 2. The second-order valence-corrected chi connectivity index (χ2v) is 8.19. The molecule has 1 aromatic heterocycles. The van der Waals surface area contributed by atoms with Crippen LogP contribution in [0.1, 0.15) is 47.3 Å². The van der Waals surface area contributed by atoms with Crippen molar-refractivity contribution >= 4 is 27.9 Å². The van der Waals surface area contributed by atoms with Crippen LogP contribution in [0, 0.1) is 11.3 Å². The zero-order chi connectivity index (χ0) is 17.9. The van der Waals surface area contributed by atoms with Crippen LogP contribution in [0.5, 0.6) is 0 Å². The Morgan fingerprint density at radius 2 is 1.96 bits per heavy atom. The Morgan fingerprint density at radius 1 is 1.15 bits per heavy atom. The fraction of sp³-hybridized carbons (Fsp3) is 0.429. The molecule has 2 aromatic rings. The molecule has 0 spiro atoms. The maximum absolute atomic E-state index is 12.6. The van der Waals surface area contributed by atoms with Crippen LogP contribution in [0.3, 0.4) is 0 Å². The Labute approximate surface area is 158 Å². The van der Waals surface area contributed by atoms with Crippen LogP contribution >= 0.6 is 11.3 Å². The average molecular weight is 366 g/mol. The molecular formula is C21H23N3OS. The number of para-hydroxylation sites is 1. The van der Waals surface area contributed by atoms with Gasteiger partial charge in [-0.1, -0.05) is 31.0 Å². The lowest BCUT2D eigenvalue weighted by Crippen LogP contribution is -2.31. The summed E-state index contributed by atoms with van der Waals surface area (Å²) in [5.74, 6) is -0.0348. The van der Waals surface area contributed by atoms with E-state index in [4.69, 9.17) is 0 Å². The smallest absolute Gasteiger partial charge is 0.244 e. The number of hydrogen-bond donors (Lipinski definition) is 1. The average Bonchev–Trinajstić information content (AvgIpc) is 3.16. The Morgan fingerprint density at radius 3 is 2.81 bits per heavy atom. The molecule has 0 atom stereocenters. The lowest BCUT2D eigenvalue weighted by molar-refractivity contribution is -0.114. The van der Waals surface area contributed by atoms with Gasteiger partial charge in [-0.3, -0.25) is 4.79 Å². The molecule has 2 aliphatic rings. The van der Waals surface area contributed by atoms with Gasteiger partial charge in [-0.05, 0) is 49.3 Å². The van der Waals surface area contributed by atoms with Crippen LogP contribution in [0.4, 0.5) is 10.7 Å².